The van der Waals surface area contributed by atoms with E-state index in [0.717, 1.165) is 45.0 Å². The number of benzene rings is 2. The van der Waals surface area contributed by atoms with Crippen molar-refractivity contribution in [2.45, 2.75) is 13.8 Å². The number of aromatic nitrogens is 4. The minimum Gasteiger partial charge on any atom is -0.340 e. The number of anilines is 1. The van der Waals surface area contributed by atoms with Crippen molar-refractivity contribution < 1.29 is 4.79 Å². The minimum absolute atomic E-state index is 0.122. The first-order valence-corrected chi connectivity index (χ1v) is 10.4. The smallest absolute Gasteiger partial charge is 0.255 e. The molecule has 1 N–H and O–H groups in total. The average Bonchev–Trinajstić information content (AvgIpc) is 3.41. The maximum Gasteiger partial charge on any atom is 0.255 e. The van der Waals surface area contributed by atoms with E-state index < -0.39 is 0 Å². The van der Waals surface area contributed by atoms with Gasteiger partial charge in [-0.3, -0.25) is 9.20 Å². The van der Waals surface area contributed by atoms with Gasteiger partial charge in [0.25, 0.3) is 5.91 Å². The van der Waals surface area contributed by atoms with Crippen LogP contribution in [0.5, 0.6) is 0 Å². The highest BCUT2D eigenvalue weighted by atomic mass is 16.1. The summed E-state index contributed by atoms with van der Waals surface area (Å²) in [5, 5.41) is 3.00. The predicted molar refractivity (Wildman–Crippen MR) is 127 cm³/mol. The third kappa shape index (κ3) is 3.56. The van der Waals surface area contributed by atoms with Gasteiger partial charge in [0.05, 0.1) is 18.0 Å². The van der Waals surface area contributed by atoms with Gasteiger partial charge in [0.2, 0.25) is 0 Å². The summed E-state index contributed by atoms with van der Waals surface area (Å²) in [4.78, 5) is 22.1. The van der Waals surface area contributed by atoms with Crippen molar-refractivity contribution in [1.29, 1.82) is 0 Å². The van der Waals surface area contributed by atoms with Crippen molar-refractivity contribution in [1.82, 2.24) is 18.9 Å². The molecule has 0 atom stereocenters. The summed E-state index contributed by atoms with van der Waals surface area (Å²) in [6, 6.07) is 17.8. The lowest BCUT2D eigenvalue weighted by Gasteiger charge is -2.11. The van der Waals surface area contributed by atoms with Gasteiger partial charge in [0.15, 0.2) is 5.82 Å². The first kappa shape index (κ1) is 19.8. The van der Waals surface area contributed by atoms with Gasteiger partial charge in [-0.1, -0.05) is 35.9 Å². The van der Waals surface area contributed by atoms with E-state index in [4.69, 9.17) is 0 Å². The van der Waals surface area contributed by atoms with Crippen molar-refractivity contribution in [3.05, 3.63) is 96.2 Å². The number of amides is 1. The van der Waals surface area contributed by atoms with Gasteiger partial charge in [-0.15, -0.1) is 0 Å². The molecule has 6 heteroatoms. The first-order valence-electron chi connectivity index (χ1n) is 10.4. The molecule has 0 fully saturated rings. The van der Waals surface area contributed by atoms with Crippen molar-refractivity contribution >= 4 is 17.1 Å². The molecule has 3 heterocycles. The van der Waals surface area contributed by atoms with E-state index in [0.29, 0.717) is 5.56 Å². The maximum absolute atomic E-state index is 13.0. The molecule has 0 radical (unpaired) electrons. The number of pyridine rings is 1. The Labute approximate surface area is 186 Å². The van der Waals surface area contributed by atoms with Crippen LogP contribution in [0.2, 0.25) is 0 Å². The molecule has 158 valence electrons. The second-order valence-electron chi connectivity index (χ2n) is 8.03. The number of fused-ring (bicyclic) bond motifs is 1. The van der Waals surface area contributed by atoms with Crippen molar-refractivity contribution in [3.8, 4) is 22.6 Å². The van der Waals surface area contributed by atoms with Gasteiger partial charge < -0.3 is 9.88 Å². The number of nitrogens with one attached hydrogen (secondary N) is 1. The molecule has 0 aliphatic carbocycles. The molecule has 0 aliphatic heterocycles. The summed E-state index contributed by atoms with van der Waals surface area (Å²) < 4.78 is 3.93. The molecular weight excluding hydrogens is 398 g/mol. The summed E-state index contributed by atoms with van der Waals surface area (Å²) in [6.07, 6.45) is 7.54. The summed E-state index contributed by atoms with van der Waals surface area (Å²) in [6.45, 7) is 3.97. The van der Waals surface area contributed by atoms with E-state index in [9.17, 15) is 4.79 Å². The Morgan fingerprint density at radius 2 is 1.81 bits per heavy atom. The molecule has 5 rings (SSSR count). The topological polar surface area (TPSA) is 64.2 Å². The standard InChI is InChI=1S/C26H23N5O/c1-17-6-10-20(11-7-17)29-26(32)22-13-19(9-8-18(22)2)21-5-4-12-31-24(21)14-27-25(31)23-15-30(3)16-28-23/h4-16H,1-3H3,(H,29,32). The van der Waals surface area contributed by atoms with E-state index in [1.807, 2.05) is 103 Å². The number of aryl methyl sites for hydroxylation is 3. The van der Waals surface area contributed by atoms with Crippen LogP contribution in [0.1, 0.15) is 21.5 Å². The van der Waals surface area contributed by atoms with Gasteiger partial charge in [-0.2, -0.15) is 0 Å². The van der Waals surface area contributed by atoms with Crippen LogP contribution in [0.25, 0.3) is 28.2 Å². The number of nitrogens with zero attached hydrogens (tertiary/aromatic N) is 4. The lowest BCUT2D eigenvalue weighted by Crippen LogP contribution is -2.13. The monoisotopic (exact) mass is 421 g/mol. The largest absolute Gasteiger partial charge is 0.340 e. The lowest BCUT2D eigenvalue weighted by molar-refractivity contribution is 0.102. The molecule has 6 nitrogen and oxygen atoms in total. The number of hydrogen-bond donors (Lipinski definition) is 1. The van der Waals surface area contributed by atoms with Crippen LogP contribution in [0.4, 0.5) is 5.69 Å². The van der Waals surface area contributed by atoms with E-state index in [2.05, 4.69) is 15.3 Å². The third-order valence-corrected chi connectivity index (χ3v) is 5.61. The van der Waals surface area contributed by atoms with E-state index in [1.54, 1.807) is 6.33 Å². The fourth-order valence-electron chi connectivity index (χ4n) is 3.85. The average molecular weight is 422 g/mol. The third-order valence-electron chi connectivity index (χ3n) is 5.61. The zero-order valence-corrected chi connectivity index (χ0v) is 18.2. The van der Waals surface area contributed by atoms with Gasteiger partial charge in [-0.25, -0.2) is 9.97 Å². The van der Waals surface area contributed by atoms with Gasteiger partial charge in [-0.05, 0) is 49.2 Å². The van der Waals surface area contributed by atoms with Crippen molar-refractivity contribution in [2.24, 2.45) is 7.05 Å². The molecule has 2 aromatic carbocycles. The Hall–Kier alpha value is -4.19. The Bertz CT molecular complexity index is 1440. The Morgan fingerprint density at radius 1 is 1.00 bits per heavy atom. The maximum atomic E-state index is 13.0. The van der Waals surface area contributed by atoms with Crippen LogP contribution in [0.3, 0.4) is 0 Å². The molecule has 0 aliphatic rings. The summed E-state index contributed by atoms with van der Waals surface area (Å²) >= 11 is 0. The Morgan fingerprint density at radius 3 is 2.56 bits per heavy atom. The highest BCUT2D eigenvalue weighted by Crippen LogP contribution is 2.29. The molecule has 5 aromatic rings. The van der Waals surface area contributed by atoms with Gasteiger partial charge in [0, 0.05) is 36.3 Å². The van der Waals surface area contributed by atoms with Crippen molar-refractivity contribution in [2.75, 3.05) is 5.32 Å². The molecule has 0 saturated heterocycles. The number of rotatable bonds is 4. The molecule has 3 aromatic heterocycles. The van der Waals surface area contributed by atoms with E-state index in [-0.39, 0.29) is 5.91 Å². The minimum atomic E-state index is -0.122. The van der Waals surface area contributed by atoms with Gasteiger partial charge >= 0.3 is 0 Å². The summed E-state index contributed by atoms with van der Waals surface area (Å²) in [7, 11) is 1.94. The normalized spacial score (nSPS) is 11.1. The second-order valence-corrected chi connectivity index (χ2v) is 8.03. The summed E-state index contributed by atoms with van der Waals surface area (Å²) in [5.41, 5.74) is 7.24. The molecular formula is C26H23N5O. The predicted octanol–water partition coefficient (Wildman–Crippen LogP) is 5.27. The molecule has 0 unspecified atom stereocenters. The summed E-state index contributed by atoms with van der Waals surface area (Å²) in [5.74, 6) is 0.662. The molecule has 1 amide bonds. The molecule has 0 bridgehead atoms. The SMILES string of the molecule is Cc1ccc(NC(=O)c2cc(-c3cccn4c(-c5cn(C)cn5)ncc34)ccc2C)cc1. The van der Waals surface area contributed by atoms with E-state index in [1.165, 1.54) is 0 Å². The quantitative estimate of drug-likeness (QED) is 0.430. The fourth-order valence-corrected chi connectivity index (χ4v) is 3.85. The van der Waals surface area contributed by atoms with Crippen LogP contribution in [0.15, 0.2) is 79.5 Å². The van der Waals surface area contributed by atoms with Crippen LogP contribution in [-0.4, -0.2) is 24.8 Å². The van der Waals surface area contributed by atoms with Crippen LogP contribution in [0, 0.1) is 13.8 Å². The van der Waals surface area contributed by atoms with Crippen molar-refractivity contribution in [3.63, 3.8) is 0 Å². The van der Waals surface area contributed by atoms with Crippen LogP contribution >= 0.6 is 0 Å². The molecule has 0 spiro atoms. The highest BCUT2D eigenvalue weighted by Gasteiger charge is 2.15. The fraction of sp³-hybridized carbons (Fsp3) is 0.115. The number of carbonyl (C=O) groups excluding carboxylic acids is 1. The molecule has 0 saturated carbocycles. The van der Waals surface area contributed by atoms with E-state index >= 15 is 0 Å². The van der Waals surface area contributed by atoms with Crippen LogP contribution in [-0.2, 0) is 7.05 Å². The second kappa shape index (κ2) is 7.81. The zero-order valence-electron chi connectivity index (χ0n) is 18.2. The lowest BCUT2D eigenvalue weighted by atomic mass is 9.99. The first-order chi connectivity index (χ1) is 15.5. The van der Waals surface area contributed by atoms with Gasteiger partial charge in [0.1, 0.15) is 5.69 Å². The molecule has 32 heavy (non-hydrogen) atoms. The number of hydrogen-bond acceptors (Lipinski definition) is 3. The zero-order chi connectivity index (χ0) is 22.2. The number of imidazole rings is 2. The Balaban J connectivity index is 1.53. The number of carbonyl (C=O) groups is 1. The van der Waals surface area contributed by atoms with Crippen LogP contribution < -0.4 is 5.32 Å². The Kier molecular flexibility index (Phi) is 4.82. The highest BCUT2D eigenvalue weighted by molar-refractivity contribution is 6.06.